The van der Waals surface area contributed by atoms with Crippen molar-refractivity contribution >= 4 is 28.8 Å². The molecular weight excluding hydrogens is 201 g/mol. The molecule has 0 aliphatic heterocycles. The lowest BCUT2D eigenvalue weighted by atomic mass is 9.97. The fourth-order valence-corrected chi connectivity index (χ4v) is 0.959. The first-order valence-electron chi connectivity index (χ1n) is 2.15. The van der Waals surface area contributed by atoms with E-state index in [-0.39, 0.29) is 3.42 Å². The third kappa shape index (κ3) is 0.848. The summed E-state index contributed by atoms with van der Waals surface area (Å²) in [5.74, 6) is 0. The molecule has 1 atom stereocenters. The topological polar surface area (TPSA) is 23.9 Å². The van der Waals surface area contributed by atoms with Gasteiger partial charge in [0, 0.05) is 6.21 Å². The number of rotatable bonds is 1. The van der Waals surface area contributed by atoms with Gasteiger partial charge in [-0.1, -0.05) is 34.7 Å². The van der Waals surface area contributed by atoms with E-state index in [1.54, 1.807) is 0 Å². The fraction of sp³-hybridized carbons (Fsp3) is 0.400. The summed E-state index contributed by atoms with van der Waals surface area (Å²) in [7, 11) is 0. The predicted octanol–water partition coefficient (Wildman–Crippen LogP) is 1.77. The smallest absolute Gasteiger partial charge is 0.0779 e. The Morgan fingerprint density at radius 2 is 2.43 bits per heavy atom. The molecule has 1 rings (SSSR count). The van der Waals surface area contributed by atoms with E-state index in [0.717, 1.165) is 6.42 Å². The van der Waals surface area contributed by atoms with Crippen LogP contribution in [0.4, 0.5) is 0 Å². The molecule has 1 nitrogen and oxygen atoms in total. The van der Waals surface area contributed by atoms with Crippen LogP contribution in [0.5, 0.6) is 0 Å². The zero-order chi connectivity index (χ0) is 5.33. The average molecular weight is 207 g/mol. The summed E-state index contributed by atoms with van der Waals surface area (Å²) < 4.78 is 0.0950. The quantitative estimate of drug-likeness (QED) is 0.293. The lowest BCUT2D eigenvalue weighted by molar-refractivity contribution is 0.909. The highest BCUT2D eigenvalue weighted by Crippen LogP contribution is 2.30. The molecular formula is C5H6IN. The first-order valence-corrected chi connectivity index (χ1v) is 3.23. The third-order valence-electron chi connectivity index (χ3n) is 1.07. The molecule has 0 bridgehead atoms. The summed E-state index contributed by atoms with van der Waals surface area (Å²) in [5, 5.41) is 6.87. The Hall–Kier alpha value is 0.140. The van der Waals surface area contributed by atoms with Gasteiger partial charge in [-0.25, -0.2) is 0 Å². The maximum Gasteiger partial charge on any atom is 0.0779 e. The molecule has 2 heteroatoms. The van der Waals surface area contributed by atoms with E-state index >= 15 is 0 Å². The van der Waals surface area contributed by atoms with E-state index in [9.17, 15) is 0 Å². The number of halogens is 1. The fourth-order valence-electron chi connectivity index (χ4n) is 0.450. The van der Waals surface area contributed by atoms with E-state index < -0.39 is 0 Å². The Morgan fingerprint density at radius 3 is 2.43 bits per heavy atom. The highest BCUT2D eigenvalue weighted by molar-refractivity contribution is 14.1. The van der Waals surface area contributed by atoms with Crippen LogP contribution in [0.25, 0.3) is 0 Å². The van der Waals surface area contributed by atoms with Crippen LogP contribution >= 0.6 is 22.6 Å². The SMILES string of the molecule is N=CC1(I)C=CC1. The van der Waals surface area contributed by atoms with Gasteiger partial charge in [0.25, 0.3) is 0 Å². The van der Waals surface area contributed by atoms with Crippen LogP contribution in [0.2, 0.25) is 0 Å². The highest BCUT2D eigenvalue weighted by atomic mass is 127. The Morgan fingerprint density at radius 1 is 1.86 bits per heavy atom. The second-order valence-corrected chi connectivity index (χ2v) is 3.69. The molecule has 0 spiro atoms. The van der Waals surface area contributed by atoms with Crippen molar-refractivity contribution < 1.29 is 0 Å². The van der Waals surface area contributed by atoms with Gasteiger partial charge in [-0.15, -0.1) is 0 Å². The Bertz CT molecular complexity index is 119. The summed E-state index contributed by atoms with van der Waals surface area (Å²) in [5.41, 5.74) is 0. The number of nitrogens with one attached hydrogen (secondary N) is 1. The molecule has 0 fully saturated rings. The predicted molar refractivity (Wildman–Crippen MR) is 39.3 cm³/mol. The lowest BCUT2D eigenvalue weighted by Gasteiger charge is -2.22. The molecule has 1 N–H and O–H groups in total. The molecule has 0 saturated carbocycles. The van der Waals surface area contributed by atoms with Gasteiger partial charge < -0.3 is 5.41 Å². The summed E-state index contributed by atoms with van der Waals surface area (Å²) in [6, 6.07) is 0. The normalized spacial score (nSPS) is 37.3. The highest BCUT2D eigenvalue weighted by Gasteiger charge is 2.23. The van der Waals surface area contributed by atoms with Crippen LogP contribution in [0.1, 0.15) is 6.42 Å². The zero-order valence-electron chi connectivity index (χ0n) is 3.82. The van der Waals surface area contributed by atoms with Crippen LogP contribution in [-0.2, 0) is 0 Å². The summed E-state index contributed by atoms with van der Waals surface area (Å²) in [6.07, 6.45) is 6.64. The van der Waals surface area contributed by atoms with Crippen molar-refractivity contribution in [3.8, 4) is 0 Å². The van der Waals surface area contributed by atoms with Gasteiger partial charge in [0.15, 0.2) is 0 Å². The van der Waals surface area contributed by atoms with Gasteiger partial charge in [-0.2, -0.15) is 0 Å². The summed E-state index contributed by atoms with van der Waals surface area (Å²) in [6.45, 7) is 0. The van der Waals surface area contributed by atoms with Crippen molar-refractivity contribution in [2.45, 2.75) is 9.84 Å². The molecule has 1 unspecified atom stereocenters. The molecule has 1 aliphatic carbocycles. The van der Waals surface area contributed by atoms with Crippen molar-refractivity contribution in [2.24, 2.45) is 0 Å². The molecule has 0 radical (unpaired) electrons. The van der Waals surface area contributed by atoms with E-state index in [1.807, 2.05) is 6.08 Å². The molecule has 0 heterocycles. The number of hydrogen-bond donors (Lipinski definition) is 1. The van der Waals surface area contributed by atoms with E-state index in [2.05, 4.69) is 28.7 Å². The van der Waals surface area contributed by atoms with Gasteiger partial charge >= 0.3 is 0 Å². The maximum absolute atomic E-state index is 6.87. The van der Waals surface area contributed by atoms with Gasteiger partial charge in [-0.3, -0.25) is 0 Å². The zero-order valence-corrected chi connectivity index (χ0v) is 5.97. The molecule has 38 valence electrons. The van der Waals surface area contributed by atoms with Gasteiger partial charge in [0.2, 0.25) is 0 Å². The second-order valence-electron chi connectivity index (χ2n) is 1.68. The minimum absolute atomic E-state index is 0.0950. The van der Waals surface area contributed by atoms with E-state index in [4.69, 9.17) is 5.41 Å². The molecule has 0 amide bonds. The van der Waals surface area contributed by atoms with Gasteiger partial charge in [0.05, 0.1) is 3.42 Å². The number of hydrogen-bond acceptors (Lipinski definition) is 1. The molecule has 0 aromatic carbocycles. The largest absolute Gasteiger partial charge is 0.311 e. The van der Waals surface area contributed by atoms with Crippen LogP contribution in [0, 0.1) is 5.41 Å². The van der Waals surface area contributed by atoms with E-state index in [1.165, 1.54) is 6.21 Å². The maximum atomic E-state index is 6.87. The number of allylic oxidation sites excluding steroid dienone is 2. The Kier molecular flexibility index (Phi) is 1.19. The van der Waals surface area contributed by atoms with Crippen LogP contribution in [-0.4, -0.2) is 9.64 Å². The molecule has 1 aliphatic rings. The van der Waals surface area contributed by atoms with Crippen LogP contribution in [0.3, 0.4) is 0 Å². The van der Waals surface area contributed by atoms with Gasteiger partial charge in [0.1, 0.15) is 0 Å². The van der Waals surface area contributed by atoms with E-state index in [0.29, 0.717) is 0 Å². The van der Waals surface area contributed by atoms with Crippen LogP contribution in [0.15, 0.2) is 12.2 Å². The first kappa shape index (κ1) is 5.28. The summed E-state index contributed by atoms with van der Waals surface area (Å²) >= 11 is 2.26. The monoisotopic (exact) mass is 207 g/mol. The second kappa shape index (κ2) is 1.58. The van der Waals surface area contributed by atoms with Crippen molar-refractivity contribution in [3.63, 3.8) is 0 Å². The van der Waals surface area contributed by atoms with Crippen molar-refractivity contribution in [1.82, 2.24) is 0 Å². The minimum atomic E-state index is 0.0950. The van der Waals surface area contributed by atoms with Crippen molar-refractivity contribution in [2.75, 3.05) is 0 Å². The molecule has 7 heavy (non-hydrogen) atoms. The van der Waals surface area contributed by atoms with Crippen molar-refractivity contribution in [1.29, 1.82) is 5.41 Å². The lowest BCUT2D eigenvalue weighted by Crippen LogP contribution is -2.23. The molecule has 0 aromatic heterocycles. The summed E-state index contributed by atoms with van der Waals surface area (Å²) in [4.78, 5) is 0. The number of alkyl halides is 1. The standard InChI is InChI=1S/C5H6IN/c6-5(4-7)2-1-3-5/h1-2,4,7H,3H2. The minimum Gasteiger partial charge on any atom is -0.311 e. The van der Waals surface area contributed by atoms with Crippen LogP contribution < -0.4 is 0 Å². The Balaban J connectivity index is 2.64. The van der Waals surface area contributed by atoms with Crippen molar-refractivity contribution in [3.05, 3.63) is 12.2 Å². The molecule has 0 saturated heterocycles. The Labute approximate surface area is 56.5 Å². The third-order valence-corrected chi connectivity index (χ3v) is 2.18. The average Bonchev–Trinajstić information content (AvgIpc) is 1.61. The van der Waals surface area contributed by atoms with Gasteiger partial charge in [-0.05, 0) is 6.42 Å². The first-order chi connectivity index (χ1) is 3.27. The molecule has 0 aromatic rings.